The SMILES string of the molecule is CC(=O)N1C[C@H](O)C[C@H]1c1ncc(-c2cccc(Nc3cc(C)ccn3)n2)s1. The lowest BCUT2D eigenvalue weighted by Crippen LogP contribution is -2.29. The van der Waals surface area contributed by atoms with Crippen molar-refractivity contribution in [2.75, 3.05) is 11.9 Å². The van der Waals surface area contributed by atoms with Gasteiger partial charge in [-0.2, -0.15) is 0 Å². The topological polar surface area (TPSA) is 91.2 Å². The van der Waals surface area contributed by atoms with Crippen molar-refractivity contribution < 1.29 is 9.90 Å². The molecule has 0 radical (unpaired) electrons. The summed E-state index contributed by atoms with van der Waals surface area (Å²) in [6, 6.07) is 9.47. The summed E-state index contributed by atoms with van der Waals surface area (Å²) in [6.45, 7) is 3.89. The molecule has 1 amide bonds. The normalized spacial score (nSPS) is 19.0. The lowest BCUT2D eigenvalue weighted by molar-refractivity contribution is -0.130. The van der Waals surface area contributed by atoms with Gasteiger partial charge in [-0.1, -0.05) is 6.07 Å². The number of anilines is 2. The quantitative estimate of drug-likeness (QED) is 0.704. The molecule has 0 bridgehead atoms. The van der Waals surface area contributed by atoms with Crippen LogP contribution in [0, 0.1) is 6.92 Å². The molecule has 1 aliphatic rings. The Labute approximate surface area is 167 Å². The molecular formula is C20H21N5O2S. The van der Waals surface area contributed by atoms with E-state index < -0.39 is 6.10 Å². The van der Waals surface area contributed by atoms with Crippen LogP contribution < -0.4 is 5.32 Å². The number of hydrogen-bond acceptors (Lipinski definition) is 7. The zero-order valence-corrected chi connectivity index (χ0v) is 16.5. The van der Waals surface area contributed by atoms with Gasteiger partial charge in [0.25, 0.3) is 0 Å². The van der Waals surface area contributed by atoms with Gasteiger partial charge in [-0.25, -0.2) is 15.0 Å². The Kier molecular flexibility index (Phi) is 5.06. The number of pyridine rings is 2. The van der Waals surface area contributed by atoms with Crippen molar-refractivity contribution in [3.63, 3.8) is 0 Å². The van der Waals surface area contributed by atoms with Crippen LogP contribution in [0.5, 0.6) is 0 Å². The van der Waals surface area contributed by atoms with Gasteiger partial charge in [-0.05, 0) is 36.8 Å². The number of hydrogen-bond donors (Lipinski definition) is 2. The summed E-state index contributed by atoms with van der Waals surface area (Å²) in [5, 5.41) is 14.0. The standard InChI is InChI=1S/C20H21N5O2S/c1-12-6-7-21-19(8-12)24-18-5-3-4-15(23-18)17-10-22-20(28-17)16-9-14(27)11-25(16)13(2)26/h3-8,10,14,16,27H,9,11H2,1-2H3,(H,21,23,24)/t14-,16+/m1/s1. The zero-order chi connectivity index (χ0) is 19.7. The number of nitrogens with one attached hydrogen (secondary N) is 1. The second kappa shape index (κ2) is 7.65. The summed E-state index contributed by atoms with van der Waals surface area (Å²) in [7, 11) is 0. The van der Waals surface area contributed by atoms with E-state index in [-0.39, 0.29) is 11.9 Å². The lowest BCUT2D eigenvalue weighted by Gasteiger charge is -2.20. The van der Waals surface area contributed by atoms with Gasteiger partial charge in [0.05, 0.1) is 22.7 Å². The van der Waals surface area contributed by atoms with Gasteiger partial charge >= 0.3 is 0 Å². The molecule has 0 saturated carbocycles. The third kappa shape index (κ3) is 3.88. The average molecular weight is 395 g/mol. The van der Waals surface area contributed by atoms with Gasteiger partial charge in [0.2, 0.25) is 5.91 Å². The van der Waals surface area contributed by atoms with Gasteiger partial charge in [0.1, 0.15) is 16.6 Å². The molecule has 1 aliphatic heterocycles. The number of β-amino-alcohol motifs (C(OH)–C–C–N with tert-alkyl or cyclic N) is 1. The summed E-state index contributed by atoms with van der Waals surface area (Å²) >= 11 is 1.50. The van der Waals surface area contributed by atoms with Crippen LogP contribution in [0.4, 0.5) is 11.6 Å². The molecule has 1 fully saturated rings. The highest BCUT2D eigenvalue weighted by molar-refractivity contribution is 7.15. The number of amides is 1. The Morgan fingerprint density at radius 2 is 2.14 bits per heavy atom. The van der Waals surface area contributed by atoms with Crippen LogP contribution in [0.3, 0.4) is 0 Å². The molecule has 4 heterocycles. The van der Waals surface area contributed by atoms with Crippen molar-refractivity contribution in [3.8, 4) is 10.6 Å². The van der Waals surface area contributed by atoms with Crippen LogP contribution in [0.1, 0.15) is 30.0 Å². The molecule has 28 heavy (non-hydrogen) atoms. The summed E-state index contributed by atoms with van der Waals surface area (Å²) in [6.07, 6.45) is 3.54. The van der Waals surface area contributed by atoms with Gasteiger partial charge in [0.15, 0.2) is 0 Å². The van der Waals surface area contributed by atoms with Crippen LogP contribution >= 0.6 is 11.3 Å². The summed E-state index contributed by atoms with van der Waals surface area (Å²) < 4.78 is 0. The number of aromatic nitrogens is 3. The number of rotatable bonds is 4. The monoisotopic (exact) mass is 395 g/mol. The molecule has 0 aliphatic carbocycles. The smallest absolute Gasteiger partial charge is 0.220 e. The predicted octanol–water partition coefficient (Wildman–Crippen LogP) is 3.31. The Balaban J connectivity index is 1.56. The van der Waals surface area contributed by atoms with Gasteiger partial charge in [-0.15, -0.1) is 11.3 Å². The van der Waals surface area contributed by atoms with Crippen molar-refractivity contribution in [1.29, 1.82) is 0 Å². The third-order valence-electron chi connectivity index (χ3n) is 4.67. The number of carbonyl (C=O) groups is 1. The molecule has 1 saturated heterocycles. The minimum atomic E-state index is -0.506. The number of likely N-dealkylation sites (tertiary alicyclic amines) is 1. The molecule has 3 aromatic rings. The molecule has 7 nitrogen and oxygen atoms in total. The number of aliphatic hydroxyl groups is 1. The Bertz CT molecular complexity index is 1010. The highest BCUT2D eigenvalue weighted by Crippen LogP contribution is 2.37. The number of aryl methyl sites for hydroxylation is 1. The van der Waals surface area contributed by atoms with E-state index in [1.807, 2.05) is 37.3 Å². The molecule has 2 N–H and O–H groups in total. The fourth-order valence-electron chi connectivity index (χ4n) is 3.33. The Hall–Kier alpha value is -2.84. The maximum atomic E-state index is 11.9. The molecule has 0 aromatic carbocycles. The minimum Gasteiger partial charge on any atom is -0.391 e. The van der Waals surface area contributed by atoms with E-state index in [4.69, 9.17) is 0 Å². The summed E-state index contributed by atoms with van der Waals surface area (Å²) in [5.41, 5.74) is 1.92. The van der Waals surface area contributed by atoms with Gasteiger partial charge in [0, 0.05) is 32.3 Å². The van der Waals surface area contributed by atoms with Crippen LogP contribution in [0.25, 0.3) is 10.6 Å². The van der Waals surface area contributed by atoms with E-state index in [0.717, 1.165) is 27.0 Å². The number of thiazole rings is 1. The first-order valence-electron chi connectivity index (χ1n) is 9.07. The maximum absolute atomic E-state index is 11.9. The highest BCUT2D eigenvalue weighted by atomic mass is 32.1. The molecule has 3 aromatic heterocycles. The van der Waals surface area contributed by atoms with Crippen LogP contribution in [-0.4, -0.2) is 43.5 Å². The zero-order valence-electron chi connectivity index (χ0n) is 15.7. The summed E-state index contributed by atoms with van der Waals surface area (Å²) in [4.78, 5) is 27.9. The molecule has 8 heteroatoms. The first kappa shape index (κ1) is 18.5. The van der Waals surface area contributed by atoms with Gasteiger partial charge in [-0.3, -0.25) is 4.79 Å². The van der Waals surface area contributed by atoms with Crippen molar-refractivity contribution in [2.45, 2.75) is 32.4 Å². The molecule has 0 unspecified atom stereocenters. The first-order valence-corrected chi connectivity index (χ1v) is 9.89. The third-order valence-corrected chi connectivity index (χ3v) is 5.79. The van der Waals surface area contributed by atoms with Crippen molar-refractivity contribution in [2.24, 2.45) is 0 Å². The van der Waals surface area contributed by atoms with E-state index in [1.54, 1.807) is 17.3 Å². The summed E-state index contributed by atoms with van der Waals surface area (Å²) in [5.74, 6) is 1.40. The van der Waals surface area contributed by atoms with E-state index in [0.29, 0.717) is 18.8 Å². The first-order chi connectivity index (χ1) is 13.5. The minimum absolute atomic E-state index is 0.0479. The number of nitrogens with zero attached hydrogens (tertiary/aromatic N) is 4. The molecule has 4 rings (SSSR count). The van der Waals surface area contributed by atoms with Crippen molar-refractivity contribution in [3.05, 3.63) is 53.3 Å². The Morgan fingerprint density at radius 3 is 2.93 bits per heavy atom. The Morgan fingerprint density at radius 1 is 1.29 bits per heavy atom. The fourth-order valence-corrected chi connectivity index (χ4v) is 4.35. The van der Waals surface area contributed by atoms with E-state index in [1.165, 1.54) is 18.3 Å². The van der Waals surface area contributed by atoms with Crippen LogP contribution in [-0.2, 0) is 4.79 Å². The van der Waals surface area contributed by atoms with Crippen LogP contribution in [0.2, 0.25) is 0 Å². The van der Waals surface area contributed by atoms with Gasteiger partial charge < -0.3 is 15.3 Å². The molecular weight excluding hydrogens is 374 g/mol. The van der Waals surface area contributed by atoms with Crippen molar-refractivity contribution >= 4 is 28.9 Å². The van der Waals surface area contributed by atoms with Crippen LogP contribution in [0.15, 0.2) is 42.7 Å². The lowest BCUT2D eigenvalue weighted by atomic mass is 10.2. The van der Waals surface area contributed by atoms with Crippen molar-refractivity contribution in [1.82, 2.24) is 19.9 Å². The second-order valence-corrected chi connectivity index (χ2v) is 7.95. The van der Waals surface area contributed by atoms with E-state index in [2.05, 4.69) is 20.3 Å². The maximum Gasteiger partial charge on any atom is 0.220 e. The van der Waals surface area contributed by atoms with E-state index >= 15 is 0 Å². The molecule has 144 valence electrons. The number of aliphatic hydroxyl groups excluding tert-OH is 1. The average Bonchev–Trinajstić information content (AvgIpc) is 3.28. The fraction of sp³-hybridized carbons (Fsp3) is 0.300. The second-order valence-electron chi connectivity index (χ2n) is 6.89. The number of carbonyl (C=O) groups excluding carboxylic acids is 1. The largest absolute Gasteiger partial charge is 0.391 e. The molecule has 2 atom stereocenters. The van der Waals surface area contributed by atoms with E-state index in [9.17, 15) is 9.90 Å². The molecule has 0 spiro atoms. The predicted molar refractivity (Wildman–Crippen MR) is 108 cm³/mol. The highest BCUT2D eigenvalue weighted by Gasteiger charge is 2.35.